The van der Waals surface area contributed by atoms with Crippen molar-refractivity contribution in [2.75, 3.05) is 0 Å². The zero-order valence-corrected chi connectivity index (χ0v) is 30.3. The van der Waals surface area contributed by atoms with Gasteiger partial charge in [-0.1, -0.05) is 45.1 Å². The summed E-state index contributed by atoms with van der Waals surface area (Å²) in [6.45, 7) is 23.4. The summed E-state index contributed by atoms with van der Waals surface area (Å²) in [5.41, 5.74) is 5.97. The van der Waals surface area contributed by atoms with Crippen molar-refractivity contribution in [3.63, 3.8) is 0 Å². The molecule has 0 radical (unpaired) electrons. The summed E-state index contributed by atoms with van der Waals surface area (Å²) < 4.78 is 8.88. The van der Waals surface area contributed by atoms with Crippen molar-refractivity contribution < 1.29 is 24.5 Å². The van der Waals surface area contributed by atoms with Gasteiger partial charge in [0.1, 0.15) is 11.8 Å². The van der Waals surface area contributed by atoms with Crippen LogP contribution in [0.1, 0.15) is 139 Å². The van der Waals surface area contributed by atoms with Crippen LogP contribution in [0.5, 0.6) is 0 Å². The van der Waals surface area contributed by atoms with E-state index in [2.05, 4.69) is 77.8 Å². The second-order valence-corrected chi connectivity index (χ2v) is 18.1. The third kappa shape index (κ3) is 3.75. The molecule has 0 spiro atoms. The number of aliphatic hydroxyl groups is 2. The minimum Gasteiger partial charge on any atom is -0.392 e. The van der Waals surface area contributed by atoms with E-state index in [0.717, 1.165) is 58.9 Å². The smallest absolute Gasteiger partial charge is 0.192 e. The van der Waals surface area contributed by atoms with Crippen LogP contribution in [0, 0.1) is 28.6 Å². The Hall–Kier alpha value is -2.80. The van der Waals surface area contributed by atoms with E-state index in [1.807, 2.05) is 13.0 Å². The predicted molar refractivity (Wildman–Crippen MR) is 189 cm³/mol. The monoisotopic (exact) mass is 651 g/mol. The molecule has 6 aliphatic rings. The van der Waals surface area contributed by atoms with Gasteiger partial charge in [-0.3, -0.25) is 9.59 Å². The number of allylic oxidation sites excluding steroid dienone is 2. The predicted octanol–water partition coefficient (Wildman–Crippen LogP) is 8.13. The van der Waals surface area contributed by atoms with Gasteiger partial charge in [0.05, 0.1) is 34.5 Å². The van der Waals surface area contributed by atoms with Crippen molar-refractivity contribution >= 4 is 28.0 Å². The van der Waals surface area contributed by atoms with Crippen LogP contribution in [0.4, 0.5) is 0 Å². The average Bonchev–Trinajstić information content (AvgIpc) is 3.63. The lowest BCUT2D eigenvalue weighted by molar-refractivity contribution is -0.145. The van der Waals surface area contributed by atoms with Crippen LogP contribution < -0.4 is 0 Å². The summed E-state index contributed by atoms with van der Waals surface area (Å²) in [5, 5.41) is 24.9. The summed E-state index contributed by atoms with van der Waals surface area (Å²) in [7, 11) is 0. The molecule has 2 aliphatic heterocycles. The van der Waals surface area contributed by atoms with Crippen LogP contribution in [-0.2, 0) is 21.4 Å². The van der Waals surface area contributed by atoms with Gasteiger partial charge in [-0.2, -0.15) is 0 Å². The highest BCUT2D eigenvalue weighted by atomic mass is 16.5. The van der Waals surface area contributed by atoms with Gasteiger partial charge in [-0.15, -0.1) is 0 Å². The Morgan fingerprint density at radius 3 is 2.46 bits per heavy atom. The number of carbonyl (C=O) groups is 2. The minimum absolute atomic E-state index is 0.0408. The zero-order chi connectivity index (χ0) is 34.7. The van der Waals surface area contributed by atoms with Crippen molar-refractivity contribution in [3.8, 4) is 0 Å². The molecule has 1 aromatic carbocycles. The minimum atomic E-state index is -0.843. The van der Waals surface area contributed by atoms with Crippen molar-refractivity contribution in [1.82, 2.24) is 4.57 Å². The number of fused-ring (bicyclic) bond motifs is 11. The van der Waals surface area contributed by atoms with E-state index in [0.29, 0.717) is 24.3 Å². The van der Waals surface area contributed by atoms with E-state index in [1.165, 1.54) is 11.3 Å². The van der Waals surface area contributed by atoms with E-state index in [-0.39, 0.29) is 34.2 Å². The van der Waals surface area contributed by atoms with Gasteiger partial charge in [0.15, 0.2) is 5.78 Å². The van der Waals surface area contributed by atoms with Gasteiger partial charge in [0.2, 0.25) is 0 Å². The maximum absolute atomic E-state index is 14.8. The van der Waals surface area contributed by atoms with Gasteiger partial charge < -0.3 is 19.5 Å². The van der Waals surface area contributed by atoms with Gasteiger partial charge in [0, 0.05) is 39.8 Å². The molecule has 0 bridgehead atoms. The largest absolute Gasteiger partial charge is 0.392 e. The lowest BCUT2D eigenvalue weighted by atomic mass is 9.40. The van der Waals surface area contributed by atoms with Gasteiger partial charge >= 0.3 is 0 Å². The van der Waals surface area contributed by atoms with E-state index in [1.54, 1.807) is 6.92 Å². The Labute approximate surface area is 285 Å². The molecule has 3 heterocycles. The molecule has 4 aliphatic carbocycles. The van der Waals surface area contributed by atoms with E-state index < -0.39 is 34.9 Å². The summed E-state index contributed by atoms with van der Waals surface area (Å²) in [5.74, 6) is 0.524. The fourth-order valence-corrected chi connectivity index (χ4v) is 12.6. The number of Topliss-reactive ketones (excluding diaryl/α,β-unsaturated/α-hetero) is 2. The first-order chi connectivity index (χ1) is 22.3. The summed E-state index contributed by atoms with van der Waals surface area (Å²) in [4.78, 5) is 26.7. The van der Waals surface area contributed by atoms with Crippen LogP contribution in [0.3, 0.4) is 0 Å². The highest BCUT2D eigenvalue weighted by Crippen LogP contribution is 2.71. The van der Waals surface area contributed by atoms with Crippen molar-refractivity contribution in [3.05, 3.63) is 64.4 Å². The van der Waals surface area contributed by atoms with E-state index in [9.17, 15) is 19.8 Å². The molecule has 48 heavy (non-hydrogen) atoms. The van der Waals surface area contributed by atoms with E-state index in [4.69, 9.17) is 4.74 Å². The summed E-state index contributed by atoms with van der Waals surface area (Å²) in [6.07, 6.45) is 9.98. The third-order valence-electron chi connectivity index (χ3n) is 14.5. The summed E-state index contributed by atoms with van der Waals surface area (Å²) >= 11 is 0. The first kappa shape index (κ1) is 32.4. The number of rotatable bonds is 4. The Kier molecular flexibility index (Phi) is 6.55. The van der Waals surface area contributed by atoms with Crippen LogP contribution in [0.25, 0.3) is 16.5 Å². The Bertz CT molecular complexity index is 1910. The molecule has 1 aromatic heterocycles. The van der Waals surface area contributed by atoms with Crippen LogP contribution in [-0.4, -0.2) is 43.7 Å². The lowest BCUT2D eigenvalue weighted by Crippen LogP contribution is -2.62. The number of aliphatic hydroxyl groups excluding tert-OH is 2. The topological polar surface area (TPSA) is 88.8 Å². The molecule has 9 atom stereocenters. The molecule has 0 saturated heterocycles. The number of hydrogen-bond donors (Lipinski definition) is 2. The number of ether oxygens (including phenoxy) is 1. The molecule has 0 amide bonds. The van der Waals surface area contributed by atoms with E-state index >= 15 is 0 Å². The quantitative estimate of drug-likeness (QED) is 0.326. The van der Waals surface area contributed by atoms with Gasteiger partial charge in [0.25, 0.3) is 0 Å². The molecular formula is C42H53NO5. The molecular weight excluding hydrogens is 598 g/mol. The highest BCUT2D eigenvalue weighted by molar-refractivity contribution is 6.18. The molecule has 2 aromatic rings. The SMILES string of the molecule is C=C(C)[C@H]1C(=O)c2c3c(cc4c5c(n1c24)[C@@]1(C)[C@@H](CC[C@H]2[C@](C)(/C=C/CC(C)=O)[C@@H](O)CC[C@@]21C)C5)C1=CC(C)(C)OC(C)(C)[C@H]1[C@@H]3O. The first-order valence-electron chi connectivity index (χ1n) is 18.2. The Morgan fingerprint density at radius 1 is 1.08 bits per heavy atom. The fourth-order valence-electron chi connectivity index (χ4n) is 12.6. The normalized spacial score (nSPS) is 40.0. The number of hydrogen-bond acceptors (Lipinski definition) is 5. The van der Waals surface area contributed by atoms with Crippen LogP contribution in [0.15, 0.2) is 36.4 Å². The third-order valence-corrected chi connectivity index (χ3v) is 14.5. The highest BCUT2D eigenvalue weighted by Gasteiger charge is 2.67. The van der Waals surface area contributed by atoms with Crippen molar-refractivity contribution in [2.24, 2.45) is 28.6 Å². The molecule has 2 fully saturated rings. The second-order valence-electron chi connectivity index (χ2n) is 18.1. The lowest BCUT2D eigenvalue weighted by Gasteiger charge is -2.64. The van der Waals surface area contributed by atoms with Gasteiger partial charge in [-0.05, 0) is 120 Å². The van der Waals surface area contributed by atoms with Crippen molar-refractivity contribution in [1.29, 1.82) is 0 Å². The Balaban J connectivity index is 1.38. The number of nitrogens with zero attached hydrogens (tertiary/aromatic N) is 1. The molecule has 2 saturated carbocycles. The maximum Gasteiger partial charge on any atom is 0.192 e. The molecule has 2 N–H and O–H groups in total. The van der Waals surface area contributed by atoms with Crippen LogP contribution in [0.2, 0.25) is 0 Å². The number of ketones is 2. The average molecular weight is 652 g/mol. The second kappa shape index (κ2) is 9.70. The van der Waals surface area contributed by atoms with Crippen LogP contribution >= 0.6 is 0 Å². The molecule has 256 valence electrons. The fraction of sp³-hybridized carbons (Fsp3) is 0.619. The maximum atomic E-state index is 14.8. The number of carbonyl (C=O) groups excluding carboxylic acids is 2. The zero-order valence-electron chi connectivity index (χ0n) is 30.3. The first-order valence-corrected chi connectivity index (χ1v) is 18.2. The molecule has 0 unspecified atom stereocenters. The Morgan fingerprint density at radius 2 is 1.79 bits per heavy atom. The standard InChI is InChI=1S/C42H53NO5/c1-21(2)33-36(47)31-30-24(27-20-38(4,5)48-39(6,7)32(27)35(30)46)19-25-26-18-23-13-14-28-40(8,16-11-12-22(3)44)29(45)15-17-41(28,9)42(23,10)37(26)43(33)34(25)31/h11,16,19-20,23,28-29,32-33,35,45-46H,1,12-15,17-18H2,2-10H3/b16-11+/t23-,28-,29-,32+,33-,35+,40-,41-,42+/m0/s1. The van der Waals surface area contributed by atoms with Crippen molar-refractivity contribution in [2.45, 2.75) is 136 Å². The number of aromatic nitrogens is 1. The summed E-state index contributed by atoms with van der Waals surface area (Å²) in [6, 6.07) is 1.79. The van der Waals surface area contributed by atoms with Gasteiger partial charge in [-0.25, -0.2) is 0 Å². The molecule has 6 nitrogen and oxygen atoms in total. The number of benzene rings is 1. The molecule has 8 rings (SSSR count). The molecule has 6 heteroatoms.